The van der Waals surface area contributed by atoms with Crippen molar-refractivity contribution in [2.24, 2.45) is 5.92 Å². The minimum absolute atomic E-state index is 0.0611. The Kier molecular flexibility index (Phi) is 8.22. The van der Waals surface area contributed by atoms with Gasteiger partial charge in [0.25, 0.3) is 0 Å². The first-order valence-electron chi connectivity index (χ1n) is 10.1. The van der Waals surface area contributed by atoms with E-state index >= 15 is 0 Å². The number of amides is 1. The summed E-state index contributed by atoms with van der Waals surface area (Å²) in [6.07, 6.45) is 0.983. The molecule has 0 spiro atoms. The van der Waals surface area contributed by atoms with Gasteiger partial charge in [-0.15, -0.1) is 0 Å². The van der Waals surface area contributed by atoms with Gasteiger partial charge in [-0.25, -0.2) is 12.7 Å². The van der Waals surface area contributed by atoms with Gasteiger partial charge in [-0.05, 0) is 49.6 Å². The van der Waals surface area contributed by atoms with Crippen LogP contribution >= 0.6 is 23.2 Å². The van der Waals surface area contributed by atoms with E-state index in [1.165, 1.54) is 4.31 Å². The van der Waals surface area contributed by atoms with Crippen LogP contribution in [0.5, 0.6) is 5.75 Å². The van der Waals surface area contributed by atoms with Gasteiger partial charge >= 0.3 is 0 Å². The van der Waals surface area contributed by atoms with Crippen LogP contribution in [0.4, 0.5) is 0 Å². The number of nitrogens with zero attached hydrogens (tertiary/aromatic N) is 1. The third-order valence-electron chi connectivity index (χ3n) is 5.24. The van der Waals surface area contributed by atoms with Gasteiger partial charge in [-0.2, -0.15) is 0 Å². The molecular formula is C22H26Cl2N2O4S. The van der Waals surface area contributed by atoms with Gasteiger partial charge < -0.3 is 10.1 Å². The number of halogens is 2. The number of benzene rings is 2. The fourth-order valence-corrected chi connectivity index (χ4v) is 5.32. The summed E-state index contributed by atoms with van der Waals surface area (Å²) in [4.78, 5) is 12.4. The highest BCUT2D eigenvalue weighted by Gasteiger charge is 2.31. The highest BCUT2D eigenvalue weighted by Crippen LogP contribution is 2.26. The summed E-state index contributed by atoms with van der Waals surface area (Å²) in [7, 11) is -3.49. The summed E-state index contributed by atoms with van der Waals surface area (Å²) < 4.78 is 32.5. The van der Waals surface area contributed by atoms with Gasteiger partial charge in [0, 0.05) is 19.0 Å². The first-order valence-corrected chi connectivity index (χ1v) is 12.5. The second-order valence-corrected chi connectivity index (χ2v) is 10.4. The first kappa shape index (κ1) is 23.9. The van der Waals surface area contributed by atoms with Crippen LogP contribution in [0.3, 0.4) is 0 Å². The molecule has 0 aliphatic carbocycles. The molecule has 2 aromatic rings. The monoisotopic (exact) mass is 484 g/mol. The van der Waals surface area contributed by atoms with Crippen molar-refractivity contribution in [1.29, 1.82) is 0 Å². The van der Waals surface area contributed by atoms with Crippen LogP contribution < -0.4 is 10.1 Å². The Morgan fingerprint density at radius 2 is 1.77 bits per heavy atom. The number of nitrogens with one attached hydrogen (secondary N) is 1. The Balaban J connectivity index is 1.42. The summed E-state index contributed by atoms with van der Waals surface area (Å²) in [6, 6.07) is 12.5. The predicted octanol–water partition coefficient (Wildman–Crippen LogP) is 4.04. The standard InChI is InChI=1S/C22H26Cl2N2O4S/c1-16-2-5-19(6-3-16)30-13-10-25-22(27)18-8-11-26(12-9-18)31(28,29)15-17-4-7-20(23)21(24)14-17/h2-7,14,18H,8-13,15H2,1H3,(H,25,27). The molecule has 0 aromatic heterocycles. The lowest BCUT2D eigenvalue weighted by atomic mass is 9.97. The van der Waals surface area contributed by atoms with E-state index in [1.807, 2.05) is 31.2 Å². The maximum absolute atomic E-state index is 12.7. The van der Waals surface area contributed by atoms with Crippen LogP contribution in [-0.2, 0) is 20.6 Å². The third-order valence-corrected chi connectivity index (χ3v) is 7.83. The van der Waals surface area contributed by atoms with Crippen LogP contribution in [0.1, 0.15) is 24.0 Å². The van der Waals surface area contributed by atoms with Crippen LogP contribution in [0, 0.1) is 12.8 Å². The molecule has 2 aromatic carbocycles. The largest absolute Gasteiger partial charge is 0.492 e. The van der Waals surface area contributed by atoms with E-state index < -0.39 is 10.0 Å². The van der Waals surface area contributed by atoms with Gasteiger partial charge in [-0.1, -0.05) is 47.0 Å². The van der Waals surface area contributed by atoms with Crippen molar-refractivity contribution >= 4 is 39.1 Å². The molecule has 0 unspecified atom stereocenters. The van der Waals surface area contributed by atoms with Gasteiger partial charge in [-0.3, -0.25) is 4.79 Å². The zero-order valence-corrected chi connectivity index (χ0v) is 19.6. The molecule has 1 aliphatic rings. The van der Waals surface area contributed by atoms with E-state index in [2.05, 4.69) is 5.32 Å². The Morgan fingerprint density at radius 3 is 2.42 bits per heavy atom. The topological polar surface area (TPSA) is 75.7 Å². The number of carbonyl (C=O) groups excluding carboxylic acids is 1. The highest BCUT2D eigenvalue weighted by molar-refractivity contribution is 7.88. The van der Waals surface area contributed by atoms with Crippen molar-refractivity contribution < 1.29 is 17.9 Å². The number of sulfonamides is 1. The molecule has 0 saturated carbocycles. The van der Waals surface area contributed by atoms with E-state index in [-0.39, 0.29) is 17.6 Å². The Morgan fingerprint density at radius 1 is 1.10 bits per heavy atom. The van der Waals surface area contributed by atoms with Crippen molar-refractivity contribution in [3.8, 4) is 5.75 Å². The van der Waals surface area contributed by atoms with Crippen molar-refractivity contribution in [3.63, 3.8) is 0 Å². The third kappa shape index (κ3) is 6.84. The summed E-state index contributed by atoms with van der Waals surface area (Å²) >= 11 is 11.9. The zero-order chi connectivity index (χ0) is 22.4. The fourth-order valence-electron chi connectivity index (χ4n) is 3.45. The SMILES string of the molecule is Cc1ccc(OCCNC(=O)C2CCN(S(=O)(=O)Cc3ccc(Cl)c(Cl)c3)CC2)cc1. The molecule has 0 atom stereocenters. The molecule has 9 heteroatoms. The normalized spacial score (nSPS) is 15.6. The molecule has 31 heavy (non-hydrogen) atoms. The van der Waals surface area contributed by atoms with Gasteiger partial charge in [0.15, 0.2) is 0 Å². The number of rotatable bonds is 8. The molecule has 6 nitrogen and oxygen atoms in total. The molecule has 168 valence electrons. The minimum atomic E-state index is -3.49. The Labute approximate surface area is 193 Å². The molecule has 0 radical (unpaired) electrons. The lowest BCUT2D eigenvalue weighted by molar-refractivity contribution is -0.126. The zero-order valence-electron chi connectivity index (χ0n) is 17.3. The maximum Gasteiger partial charge on any atom is 0.223 e. The van der Waals surface area contributed by atoms with E-state index in [9.17, 15) is 13.2 Å². The van der Waals surface area contributed by atoms with E-state index in [1.54, 1.807) is 18.2 Å². The van der Waals surface area contributed by atoms with E-state index in [4.69, 9.17) is 27.9 Å². The molecular weight excluding hydrogens is 459 g/mol. The first-order chi connectivity index (χ1) is 14.7. The highest BCUT2D eigenvalue weighted by atomic mass is 35.5. The summed E-state index contributed by atoms with van der Waals surface area (Å²) in [6.45, 7) is 3.44. The maximum atomic E-state index is 12.7. The van der Waals surface area contributed by atoms with Crippen molar-refractivity contribution in [1.82, 2.24) is 9.62 Å². The van der Waals surface area contributed by atoms with Gasteiger partial charge in [0.1, 0.15) is 12.4 Å². The molecule has 1 fully saturated rings. The Bertz CT molecular complexity index is 1000. The molecule has 3 rings (SSSR count). The van der Waals surface area contributed by atoms with Crippen molar-refractivity contribution in [3.05, 3.63) is 63.6 Å². The summed E-state index contributed by atoms with van der Waals surface area (Å²) in [5.74, 6) is 0.363. The number of carbonyl (C=O) groups is 1. The average Bonchev–Trinajstić information content (AvgIpc) is 2.75. The van der Waals surface area contributed by atoms with Crippen LogP contribution in [0.15, 0.2) is 42.5 Å². The second kappa shape index (κ2) is 10.7. The van der Waals surface area contributed by atoms with Crippen molar-refractivity contribution in [2.75, 3.05) is 26.2 Å². The number of ether oxygens (including phenoxy) is 1. The number of piperidine rings is 1. The molecule has 1 heterocycles. The molecule has 1 saturated heterocycles. The fraction of sp³-hybridized carbons (Fsp3) is 0.409. The van der Waals surface area contributed by atoms with Crippen LogP contribution in [-0.4, -0.2) is 44.9 Å². The molecule has 1 amide bonds. The average molecular weight is 485 g/mol. The van der Waals surface area contributed by atoms with Crippen molar-refractivity contribution in [2.45, 2.75) is 25.5 Å². The lowest BCUT2D eigenvalue weighted by Gasteiger charge is -2.30. The molecule has 1 aliphatic heterocycles. The van der Waals surface area contributed by atoms with E-state index in [0.717, 1.165) is 11.3 Å². The molecule has 1 N–H and O–H groups in total. The van der Waals surface area contributed by atoms with E-state index in [0.29, 0.717) is 54.7 Å². The molecule has 0 bridgehead atoms. The van der Waals surface area contributed by atoms with Crippen LogP contribution in [0.2, 0.25) is 10.0 Å². The number of hydrogen-bond acceptors (Lipinski definition) is 4. The summed E-state index contributed by atoms with van der Waals surface area (Å²) in [5, 5.41) is 3.60. The van der Waals surface area contributed by atoms with Gasteiger partial charge in [0.05, 0.1) is 22.3 Å². The second-order valence-electron chi connectivity index (χ2n) is 7.63. The smallest absolute Gasteiger partial charge is 0.223 e. The predicted molar refractivity (Wildman–Crippen MR) is 123 cm³/mol. The lowest BCUT2D eigenvalue weighted by Crippen LogP contribution is -2.43. The minimum Gasteiger partial charge on any atom is -0.492 e. The quantitative estimate of drug-likeness (QED) is 0.573. The number of hydrogen-bond donors (Lipinski definition) is 1. The van der Waals surface area contributed by atoms with Gasteiger partial charge in [0.2, 0.25) is 15.9 Å². The van der Waals surface area contributed by atoms with Crippen LogP contribution in [0.25, 0.3) is 0 Å². The Hall–Kier alpha value is -1.80. The number of aryl methyl sites for hydroxylation is 1. The summed E-state index contributed by atoms with van der Waals surface area (Å²) in [5.41, 5.74) is 1.74.